The molecule has 0 unspecified atom stereocenters. The van der Waals surface area contributed by atoms with E-state index in [-0.39, 0.29) is 18.3 Å². The van der Waals surface area contributed by atoms with E-state index >= 15 is 0 Å². The molecule has 0 aliphatic heterocycles. The average Bonchev–Trinajstić information content (AvgIpc) is 2.24. The Balaban J connectivity index is 2.50. The predicted octanol–water partition coefficient (Wildman–Crippen LogP) is 1.75. The minimum atomic E-state index is -0.372. The number of anilines is 1. The first-order valence-electron chi connectivity index (χ1n) is 4.52. The van der Waals surface area contributed by atoms with Gasteiger partial charge in [0.1, 0.15) is 5.82 Å². The van der Waals surface area contributed by atoms with Gasteiger partial charge in [-0.25, -0.2) is 4.39 Å². The SMILES string of the molecule is C#CCNCC(=O)Nc1ccc(F)c(Br)c1. The summed E-state index contributed by atoms with van der Waals surface area (Å²) in [6, 6.07) is 4.25. The van der Waals surface area contributed by atoms with Gasteiger partial charge in [0.2, 0.25) is 5.91 Å². The lowest BCUT2D eigenvalue weighted by Gasteiger charge is -2.05. The van der Waals surface area contributed by atoms with E-state index in [1.54, 1.807) is 0 Å². The van der Waals surface area contributed by atoms with Crippen LogP contribution in [0.3, 0.4) is 0 Å². The highest BCUT2D eigenvalue weighted by Gasteiger charge is 2.04. The summed E-state index contributed by atoms with van der Waals surface area (Å²) in [5.74, 6) is 1.76. The summed E-state index contributed by atoms with van der Waals surface area (Å²) in [6.07, 6.45) is 5.01. The van der Waals surface area contributed by atoms with Crippen molar-refractivity contribution in [2.24, 2.45) is 0 Å². The number of carbonyl (C=O) groups excluding carboxylic acids is 1. The van der Waals surface area contributed by atoms with Gasteiger partial charge in [0, 0.05) is 5.69 Å². The van der Waals surface area contributed by atoms with Crippen molar-refractivity contribution >= 4 is 27.5 Å². The van der Waals surface area contributed by atoms with E-state index in [4.69, 9.17) is 6.42 Å². The Kier molecular flexibility index (Phi) is 4.96. The van der Waals surface area contributed by atoms with E-state index in [9.17, 15) is 9.18 Å². The number of hydrogen-bond acceptors (Lipinski definition) is 2. The van der Waals surface area contributed by atoms with Gasteiger partial charge in [-0.15, -0.1) is 6.42 Å². The fraction of sp³-hybridized carbons (Fsp3) is 0.182. The molecule has 0 aliphatic carbocycles. The van der Waals surface area contributed by atoms with Crippen LogP contribution in [0.1, 0.15) is 0 Å². The molecule has 5 heteroatoms. The Morgan fingerprint density at radius 3 is 2.94 bits per heavy atom. The normalized spacial score (nSPS) is 9.56. The van der Waals surface area contributed by atoms with Crippen LogP contribution in [0.5, 0.6) is 0 Å². The highest BCUT2D eigenvalue weighted by molar-refractivity contribution is 9.10. The maximum absolute atomic E-state index is 12.9. The molecule has 0 fully saturated rings. The Labute approximate surface area is 102 Å². The van der Waals surface area contributed by atoms with Gasteiger partial charge in [0.25, 0.3) is 0 Å². The zero-order valence-corrected chi connectivity index (χ0v) is 9.97. The van der Waals surface area contributed by atoms with Crippen LogP contribution >= 0.6 is 15.9 Å². The third-order valence-electron chi connectivity index (χ3n) is 1.72. The van der Waals surface area contributed by atoms with Crippen LogP contribution in [0, 0.1) is 18.2 Å². The molecule has 1 rings (SSSR count). The van der Waals surface area contributed by atoms with Gasteiger partial charge in [-0.1, -0.05) is 5.92 Å². The smallest absolute Gasteiger partial charge is 0.238 e. The van der Waals surface area contributed by atoms with Gasteiger partial charge in [-0.05, 0) is 34.1 Å². The standard InChI is InChI=1S/C11H10BrFN2O/c1-2-5-14-7-11(16)15-8-3-4-10(13)9(12)6-8/h1,3-4,6,14H,5,7H2,(H,15,16). The van der Waals surface area contributed by atoms with Gasteiger partial charge < -0.3 is 5.32 Å². The first kappa shape index (κ1) is 12.7. The number of nitrogens with one attached hydrogen (secondary N) is 2. The van der Waals surface area contributed by atoms with E-state index in [2.05, 4.69) is 32.5 Å². The molecule has 0 heterocycles. The number of benzene rings is 1. The second-order valence-corrected chi connectivity index (χ2v) is 3.84. The third-order valence-corrected chi connectivity index (χ3v) is 2.32. The van der Waals surface area contributed by atoms with E-state index in [1.807, 2.05) is 0 Å². The predicted molar refractivity (Wildman–Crippen MR) is 64.4 cm³/mol. The van der Waals surface area contributed by atoms with Crippen LogP contribution in [0.25, 0.3) is 0 Å². The zero-order chi connectivity index (χ0) is 12.0. The third kappa shape index (κ3) is 4.01. The second-order valence-electron chi connectivity index (χ2n) is 2.98. The Hall–Kier alpha value is -1.38. The summed E-state index contributed by atoms with van der Waals surface area (Å²) >= 11 is 3.03. The molecule has 0 spiro atoms. The minimum Gasteiger partial charge on any atom is -0.325 e. The maximum atomic E-state index is 12.9. The maximum Gasteiger partial charge on any atom is 0.238 e. The van der Waals surface area contributed by atoms with Crippen molar-refractivity contribution in [1.29, 1.82) is 0 Å². The summed E-state index contributed by atoms with van der Waals surface area (Å²) in [4.78, 5) is 11.3. The Morgan fingerprint density at radius 2 is 2.31 bits per heavy atom. The number of terminal acetylenes is 1. The molecule has 0 atom stereocenters. The molecule has 0 bridgehead atoms. The van der Waals surface area contributed by atoms with Crippen LogP contribution in [-0.2, 0) is 4.79 Å². The largest absolute Gasteiger partial charge is 0.325 e. The number of halogens is 2. The number of carbonyl (C=O) groups is 1. The van der Waals surface area contributed by atoms with Gasteiger partial charge in [0.15, 0.2) is 0 Å². The first-order chi connectivity index (χ1) is 7.63. The van der Waals surface area contributed by atoms with Crippen molar-refractivity contribution < 1.29 is 9.18 Å². The molecule has 84 valence electrons. The number of rotatable bonds is 4. The summed E-state index contributed by atoms with van der Waals surface area (Å²) in [5, 5.41) is 5.35. The molecular formula is C11H10BrFN2O. The molecule has 16 heavy (non-hydrogen) atoms. The molecule has 3 nitrogen and oxygen atoms in total. The van der Waals surface area contributed by atoms with Crippen LogP contribution < -0.4 is 10.6 Å². The van der Waals surface area contributed by atoms with Gasteiger partial charge in [-0.2, -0.15) is 0 Å². The summed E-state index contributed by atoms with van der Waals surface area (Å²) in [5.41, 5.74) is 0.529. The minimum absolute atomic E-state index is 0.124. The van der Waals surface area contributed by atoms with Gasteiger partial charge >= 0.3 is 0 Å². The van der Waals surface area contributed by atoms with Crippen molar-refractivity contribution in [3.63, 3.8) is 0 Å². The average molecular weight is 285 g/mol. The molecule has 1 aromatic rings. The van der Waals surface area contributed by atoms with Gasteiger partial charge in [-0.3, -0.25) is 10.1 Å². The lowest BCUT2D eigenvalue weighted by atomic mass is 10.3. The monoisotopic (exact) mass is 284 g/mol. The van der Waals surface area contributed by atoms with E-state index < -0.39 is 0 Å². The highest BCUT2D eigenvalue weighted by Crippen LogP contribution is 2.19. The quantitative estimate of drug-likeness (QED) is 0.653. The molecule has 1 aromatic carbocycles. The van der Waals surface area contributed by atoms with E-state index in [1.165, 1.54) is 18.2 Å². The topological polar surface area (TPSA) is 41.1 Å². The summed E-state index contributed by atoms with van der Waals surface area (Å²) < 4.78 is 13.2. The summed E-state index contributed by atoms with van der Waals surface area (Å²) in [6.45, 7) is 0.458. The van der Waals surface area contributed by atoms with Crippen molar-refractivity contribution in [2.45, 2.75) is 0 Å². The fourth-order valence-electron chi connectivity index (χ4n) is 1.03. The fourth-order valence-corrected chi connectivity index (χ4v) is 1.41. The molecule has 0 aliphatic rings. The zero-order valence-electron chi connectivity index (χ0n) is 8.39. The molecule has 0 saturated heterocycles. The van der Waals surface area contributed by atoms with Crippen LogP contribution in [0.4, 0.5) is 10.1 Å². The summed E-state index contributed by atoms with van der Waals surface area (Å²) in [7, 11) is 0. The first-order valence-corrected chi connectivity index (χ1v) is 5.32. The van der Waals surface area contributed by atoms with Crippen LogP contribution in [0.2, 0.25) is 0 Å². The molecule has 1 amide bonds. The Bertz CT molecular complexity index is 428. The van der Waals surface area contributed by atoms with Gasteiger partial charge in [0.05, 0.1) is 17.6 Å². The van der Waals surface area contributed by atoms with Crippen LogP contribution in [0.15, 0.2) is 22.7 Å². The van der Waals surface area contributed by atoms with Crippen molar-refractivity contribution in [3.05, 3.63) is 28.5 Å². The second kappa shape index (κ2) is 6.26. The molecular weight excluding hydrogens is 275 g/mol. The van der Waals surface area contributed by atoms with E-state index in [0.717, 1.165) is 0 Å². The highest BCUT2D eigenvalue weighted by atomic mass is 79.9. The van der Waals surface area contributed by atoms with E-state index in [0.29, 0.717) is 16.7 Å². The molecule has 0 saturated carbocycles. The van der Waals surface area contributed by atoms with Crippen molar-refractivity contribution in [2.75, 3.05) is 18.4 Å². The van der Waals surface area contributed by atoms with Crippen molar-refractivity contribution in [3.8, 4) is 12.3 Å². The number of hydrogen-bond donors (Lipinski definition) is 2. The van der Waals surface area contributed by atoms with Crippen molar-refractivity contribution in [1.82, 2.24) is 5.32 Å². The lowest BCUT2D eigenvalue weighted by Crippen LogP contribution is -2.28. The van der Waals surface area contributed by atoms with Crippen LogP contribution in [-0.4, -0.2) is 19.0 Å². The molecule has 0 aromatic heterocycles. The molecule has 0 radical (unpaired) electrons. The lowest BCUT2D eigenvalue weighted by molar-refractivity contribution is -0.115. The number of amides is 1. The Morgan fingerprint density at radius 1 is 1.56 bits per heavy atom. The molecule has 2 N–H and O–H groups in total.